The Bertz CT molecular complexity index is 1850. The van der Waals surface area contributed by atoms with Gasteiger partial charge in [-0.25, -0.2) is 8.42 Å². The summed E-state index contributed by atoms with van der Waals surface area (Å²) in [5.74, 6) is -0.368. The molecule has 0 aromatic heterocycles. The highest BCUT2D eigenvalue weighted by atomic mass is 32.2. The Morgan fingerprint density at radius 1 is 0.787 bits per heavy atom. The van der Waals surface area contributed by atoms with Gasteiger partial charge < -0.3 is 14.4 Å². The zero-order valence-electron chi connectivity index (χ0n) is 25.6. The molecule has 0 bridgehead atoms. The lowest BCUT2D eigenvalue weighted by Gasteiger charge is -2.27. The van der Waals surface area contributed by atoms with Gasteiger partial charge in [-0.3, -0.25) is 8.74 Å². The number of anilines is 2. The Balaban J connectivity index is 1.30. The van der Waals surface area contributed by atoms with E-state index in [9.17, 15) is 17.2 Å². The molecule has 0 saturated carbocycles. The van der Waals surface area contributed by atoms with Crippen LogP contribution in [0.3, 0.4) is 0 Å². The van der Waals surface area contributed by atoms with Gasteiger partial charge >= 0.3 is 11.4 Å². The van der Waals surface area contributed by atoms with E-state index >= 15 is 0 Å². The first-order valence-electron chi connectivity index (χ1n) is 15.4. The molecule has 1 N–H and O–H groups in total. The van der Waals surface area contributed by atoms with Crippen LogP contribution in [-0.4, -0.2) is 52.6 Å². The molecule has 0 spiro atoms. The maximum atomic E-state index is 11.3. The zero-order valence-corrected chi connectivity index (χ0v) is 28.8. The molecular formula is C35H35N2O6S4-. The van der Waals surface area contributed by atoms with Crippen LogP contribution >= 0.6 is 23.5 Å². The molecule has 12 heteroatoms. The second-order valence-electron chi connectivity index (χ2n) is 11.3. The van der Waals surface area contributed by atoms with E-state index in [0.717, 1.165) is 54.9 Å². The van der Waals surface area contributed by atoms with Crippen LogP contribution in [0.5, 0.6) is 0 Å². The summed E-state index contributed by atoms with van der Waals surface area (Å²) in [6.45, 7) is 1.51. The Labute approximate surface area is 287 Å². The first-order chi connectivity index (χ1) is 22.7. The first-order valence-corrected chi connectivity index (χ1v) is 19.7. The summed E-state index contributed by atoms with van der Waals surface area (Å²) in [5, 5.41) is 1.05. The molecule has 6 rings (SSSR count). The predicted molar refractivity (Wildman–Crippen MR) is 192 cm³/mol. The lowest BCUT2D eigenvalue weighted by Crippen LogP contribution is -2.30. The van der Waals surface area contributed by atoms with Gasteiger partial charge in [0.2, 0.25) is 0 Å². The lowest BCUT2D eigenvalue weighted by molar-refractivity contribution is 0.299. The van der Waals surface area contributed by atoms with E-state index in [-0.39, 0.29) is 17.7 Å². The fraction of sp³-hybridized carbons (Fsp3) is 0.257. The Kier molecular flexibility index (Phi) is 11.1. The highest BCUT2D eigenvalue weighted by Crippen LogP contribution is 2.51. The summed E-state index contributed by atoms with van der Waals surface area (Å²) in [6.07, 6.45) is 4.55. The van der Waals surface area contributed by atoms with Crippen LogP contribution in [0.2, 0.25) is 0 Å². The average Bonchev–Trinajstić information content (AvgIpc) is 3.59. The zero-order chi connectivity index (χ0) is 32.8. The van der Waals surface area contributed by atoms with Crippen molar-refractivity contribution in [2.45, 2.75) is 40.8 Å². The quantitative estimate of drug-likeness (QED) is 0.0787. The number of thioether (sulfide) groups is 2. The predicted octanol–water partition coefficient (Wildman–Crippen LogP) is 7.97. The standard InChI is InChI=1S/C35H36N2O6S4/c38-46(39)43-21-9-7-19-36-30-23-28(26-11-3-1-4-12-26)15-17-32(30)44-34(36)25-35-37(20-8-10-22-47(40,41)42)31-24-29(16-18-33(31)45-35)27-13-5-2-6-14-27/h1-6,11-18,23-25,35H,7-10,19-22H2,(H,38,39)(H,40,41,42)/p-1. The van der Waals surface area contributed by atoms with E-state index in [1.54, 1.807) is 23.5 Å². The molecule has 0 amide bonds. The Morgan fingerprint density at radius 3 is 2.04 bits per heavy atom. The average molecular weight is 708 g/mol. The van der Waals surface area contributed by atoms with E-state index in [1.165, 1.54) is 0 Å². The van der Waals surface area contributed by atoms with E-state index in [4.69, 9.17) is 8.74 Å². The van der Waals surface area contributed by atoms with Crippen LogP contribution < -0.4 is 9.80 Å². The van der Waals surface area contributed by atoms with Crippen LogP contribution in [0.25, 0.3) is 22.3 Å². The first kappa shape index (κ1) is 33.8. The minimum atomic E-state index is -4.27. The van der Waals surface area contributed by atoms with E-state index in [2.05, 4.69) is 76.5 Å². The van der Waals surface area contributed by atoms with E-state index < -0.39 is 21.5 Å². The minimum absolute atomic E-state index is 0.0482. The van der Waals surface area contributed by atoms with Crippen molar-refractivity contribution in [3.8, 4) is 22.3 Å². The van der Waals surface area contributed by atoms with Crippen molar-refractivity contribution in [2.24, 2.45) is 0 Å². The van der Waals surface area contributed by atoms with Gasteiger partial charge in [0, 0.05) is 28.6 Å². The summed E-state index contributed by atoms with van der Waals surface area (Å²) in [6, 6.07) is 33.5. The molecule has 0 fully saturated rings. The summed E-state index contributed by atoms with van der Waals surface area (Å²) < 4.78 is 58.8. The van der Waals surface area contributed by atoms with Crippen LogP contribution in [0.1, 0.15) is 25.7 Å². The fourth-order valence-electron chi connectivity index (χ4n) is 5.81. The van der Waals surface area contributed by atoms with Gasteiger partial charge in [-0.05, 0) is 78.3 Å². The smallest absolute Gasteiger partial charge is 0.301 e. The molecule has 8 nitrogen and oxygen atoms in total. The van der Waals surface area contributed by atoms with Crippen LogP contribution in [0.15, 0.2) is 118 Å². The lowest BCUT2D eigenvalue weighted by atomic mass is 10.0. The fourth-order valence-corrected chi connectivity index (χ4v) is 9.09. The minimum Gasteiger partial charge on any atom is -0.748 e. The second-order valence-corrected chi connectivity index (χ2v) is 15.7. The maximum Gasteiger partial charge on any atom is 0.301 e. The molecule has 246 valence electrons. The van der Waals surface area contributed by atoms with Gasteiger partial charge in [-0.1, -0.05) is 96.3 Å². The topological polar surface area (TPSA) is 110 Å². The van der Waals surface area contributed by atoms with Gasteiger partial charge in [0.1, 0.15) is 5.37 Å². The third-order valence-corrected chi connectivity index (χ3v) is 11.6. The summed E-state index contributed by atoms with van der Waals surface area (Å²) in [5.41, 5.74) is 6.70. The van der Waals surface area contributed by atoms with Gasteiger partial charge in [0.15, 0.2) is 0 Å². The van der Waals surface area contributed by atoms with Crippen LogP contribution in [0.4, 0.5) is 11.4 Å². The van der Waals surface area contributed by atoms with Crippen molar-refractivity contribution >= 4 is 56.4 Å². The van der Waals surface area contributed by atoms with Crippen molar-refractivity contribution in [3.05, 3.63) is 108 Å². The molecular weight excluding hydrogens is 673 g/mol. The number of hydrogen-bond acceptors (Lipinski definition) is 9. The number of hydrogen-bond donors (Lipinski definition) is 1. The third kappa shape index (κ3) is 8.69. The highest BCUT2D eigenvalue weighted by molar-refractivity contribution is 8.04. The number of unbranched alkanes of at least 4 members (excludes halogenated alkanes) is 2. The van der Waals surface area contributed by atoms with E-state index in [0.29, 0.717) is 32.4 Å². The van der Waals surface area contributed by atoms with Crippen molar-refractivity contribution in [2.75, 3.05) is 35.2 Å². The normalized spacial score (nSPS) is 17.2. The SMILES string of the molecule is O=S(O)OCCCCN1C(=CC2Sc3ccc(-c4ccccc4)cc3N2CCCCS(=O)(=O)[O-])Sc2ccc(-c3ccccc3)cc21. The molecule has 0 aliphatic carbocycles. The monoisotopic (exact) mass is 707 g/mol. The molecule has 2 heterocycles. The van der Waals surface area contributed by atoms with Crippen LogP contribution in [0, 0.1) is 0 Å². The molecule has 47 heavy (non-hydrogen) atoms. The molecule has 4 aromatic carbocycles. The molecule has 4 aromatic rings. The number of benzene rings is 4. The summed E-state index contributed by atoms with van der Waals surface area (Å²) in [4.78, 5) is 6.94. The molecule has 0 saturated heterocycles. The summed E-state index contributed by atoms with van der Waals surface area (Å²) in [7, 11) is -4.27. The molecule has 2 aliphatic heterocycles. The number of nitrogens with zero attached hydrogens (tertiary/aromatic N) is 2. The highest BCUT2D eigenvalue weighted by Gasteiger charge is 2.32. The number of rotatable bonds is 14. The Hall–Kier alpha value is -3.10. The van der Waals surface area contributed by atoms with E-state index in [1.807, 2.05) is 36.4 Å². The molecule has 2 aliphatic rings. The van der Waals surface area contributed by atoms with Gasteiger partial charge in [-0.15, -0.1) is 0 Å². The van der Waals surface area contributed by atoms with Crippen molar-refractivity contribution in [1.29, 1.82) is 0 Å². The van der Waals surface area contributed by atoms with Crippen molar-refractivity contribution < 1.29 is 25.9 Å². The van der Waals surface area contributed by atoms with Crippen LogP contribution in [-0.2, 0) is 25.7 Å². The molecule has 0 radical (unpaired) electrons. The summed E-state index contributed by atoms with van der Waals surface area (Å²) >= 11 is 1.21. The molecule has 2 unspecified atom stereocenters. The molecule has 2 atom stereocenters. The van der Waals surface area contributed by atoms with Crippen molar-refractivity contribution in [3.63, 3.8) is 0 Å². The van der Waals surface area contributed by atoms with Crippen molar-refractivity contribution in [1.82, 2.24) is 0 Å². The number of fused-ring (bicyclic) bond motifs is 2. The van der Waals surface area contributed by atoms with Gasteiger partial charge in [0.25, 0.3) is 0 Å². The third-order valence-electron chi connectivity index (χ3n) is 8.06. The van der Waals surface area contributed by atoms with Gasteiger partial charge in [0.05, 0.1) is 33.1 Å². The second kappa shape index (κ2) is 15.4. The Morgan fingerprint density at radius 2 is 1.40 bits per heavy atom. The maximum absolute atomic E-state index is 11.3. The largest absolute Gasteiger partial charge is 0.748 e. The van der Waals surface area contributed by atoms with Gasteiger partial charge in [-0.2, -0.15) is 4.21 Å².